The predicted octanol–water partition coefficient (Wildman–Crippen LogP) is 2.97. The fraction of sp³-hybridized carbons (Fsp3) is 0.333. The molecule has 0 atom stereocenters. The van der Waals surface area contributed by atoms with Crippen LogP contribution >= 0.6 is 23.5 Å². The maximum atomic E-state index is 11.0. The molecule has 1 aromatic carbocycles. The number of rotatable bonds is 5. The maximum Gasteiger partial charge on any atom is 0.187 e. The molecule has 92 valence electrons. The van der Waals surface area contributed by atoms with Gasteiger partial charge in [0.05, 0.1) is 11.8 Å². The summed E-state index contributed by atoms with van der Waals surface area (Å²) in [5.74, 6) is 1.14. The van der Waals surface area contributed by atoms with Crippen LogP contribution < -0.4 is 4.90 Å². The van der Waals surface area contributed by atoms with Gasteiger partial charge in [-0.25, -0.2) is 0 Å². The zero-order valence-electron chi connectivity index (χ0n) is 9.88. The molecule has 0 N–H and O–H groups in total. The predicted molar refractivity (Wildman–Crippen MR) is 75.2 cm³/mol. The van der Waals surface area contributed by atoms with Crippen LogP contribution in [0.2, 0.25) is 0 Å². The lowest BCUT2D eigenvalue weighted by atomic mass is 10.3. The van der Waals surface area contributed by atoms with Gasteiger partial charge in [0.25, 0.3) is 0 Å². The van der Waals surface area contributed by atoms with E-state index in [4.69, 9.17) is 0 Å². The molecule has 0 heterocycles. The fourth-order valence-electron chi connectivity index (χ4n) is 1.16. The summed E-state index contributed by atoms with van der Waals surface area (Å²) in [6, 6.07) is 9.78. The van der Waals surface area contributed by atoms with Crippen LogP contribution in [-0.4, -0.2) is 22.0 Å². The first-order valence-corrected chi connectivity index (χ1v) is 7.13. The molecule has 1 rings (SSSR count). The summed E-state index contributed by atoms with van der Waals surface area (Å²) in [6.45, 7) is 3.10. The van der Waals surface area contributed by atoms with Crippen LogP contribution in [0.5, 0.6) is 0 Å². The van der Waals surface area contributed by atoms with Crippen molar-refractivity contribution in [3.63, 3.8) is 0 Å². The molecule has 5 heteroatoms. The number of benzene rings is 1. The van der Waals surface area contributed by atoms with E-state index in [-0.39, 0.29) is 10.2 Å². The molecule has 0 saturated carbocycles. The Bertz CT molecular complexity index is 363. The minimum atomic E-state index is 0.0822. The first kappa shape index (κ1) is 14.1. The lowest BCUT2D eigenvalue weighted by Gasteiger charge is -2.22. The van der Waals surface area contributed by atoms with E-state index in [9.17, 15) is 9.59 Å². The van der Waals surface area contributed by atoms with Gasteiger partial charge in [-0.3, -0.25) is 9.59 Å². The van der Waals surface area contributed by atoms with Gasteiger partial charge < -0.3 is 4.90 Å². The molecule has 0 spiro atoms. The molecule has 0 aromatic heterocycles. The number of anilines is 1. The van der Waals surface area contributed by atoms with Crippen LogP contribution in [0.3, 0.4) is 0 Å². The Morgan fingerprint density at radius 3 is 1.88 bits per heavy atom. The third kappa shape index (κ3) is 5.79. The molecule has 0 bridgehead atoms. The fourth-order valence-corrected chi connectivity index (χ4v) is 2.43. The van der Waals surface area contributed by atoms with Gasteiger partial charge in [0, 0.05) is 19.5 Å². The molecular weight excluding hydrogens is 254 g/mol. The molecule has 0 amide bonds. The van der Waals surface area contributed by atoms with Crippen molar-refractivity contribution >= 4 is 39.4 Å². The Morgan fingerprint density at radius 2 is 1.47 bits per heavy atom. The topological polar surface area (TPSA) is 37.4 Å². The summed E-state index contributed by atoms with van der Waals surface area (Å²) in [5, 5.41) is 0.164. The second-order valence-corrected chi connectivity index (χ2v) is 5.65. The molecule has 0 fully saturated rings. The molecule has 0 saturated heterocycles. The van der Waals surface area contributed by atoms with Crippen LogP contribution in [0.4, 0.5) is 5.69 Å². The van der Waals surface area contributed by atoms with Gasteiger partial charge in [-0.15, -0.1) is 0 Å². The van der Waals surface area contributed by atoms with E-state index >= 15 is 0 Å². The molecular formula is C12H15NO2S2. The molecule has 0 aliphatic rings. The van der Waals surface area contributed by atoms with Crippen molar-refractivity contribution in [3.8, 4) is 0 Å². The van der Waals surface area contributed by atoms with Crippen LogP contribution in [0, 0.1) is 0 Å². The normalized spacial score (nSPS) is 10.0. The van der Waals surface area contributed by atoms with Crippen molar-refractivity contribution < 1.29 is 9.59 Å². The molecule has 1 aromatic rings. The van der Waals surface area contributed by atoms with Gasteiger partial charge in [0.2, 0.25) is 0 Å². The third-order valence-electron chi connectivity index (χ3n) is 1.97. The van der Waals surface area contributed by atoms with Crippen LogP contribution in [0.25, 0.3) is 0 Å². The van der Waals surface area contributed by atoms with Crippen molar-refractivity contribution in [1.29, 1.82) is 0 Å². The minimum Gasteiger partial charge on any atom is -0.352 e. The van der Waals surface area contributed by atoms with E-state index in [1.165, 1.54) is 23.5 Å². The van der Waals surface area contributed by atoms with E-state index < -0.39 is 0 Å². The number of hydrogen-bond acceptors (Lipinski definition) is 5. The second-order valence-electron chi connectivity index (χ2n) is 3.41. The second kappa shape index (κ2) is 7.40. The zero-order chi connectivity index (χ0) is 12.7. The Labute approximate surface area is 110 Å². The van der Waals surface area contributed by atoms with Crippen molar-refractivity contribution in [1.82, 2.24) is 0 Å². The van der Waals surface area contributed by atoms with Crippen LogP contribution in [0.1, 0.15) is 13.8 Å². The standard InChI is InChI=1S/C12H15NO2S2/c1-10(14)16-8-13(9-17-11(2)15)12-6-4-3-5-7-12/h3-7H,8-9H2,1-2H3. The lowest BCUT2D eigenvalue weighted by Crippen LogP contribution is -2.23. The van der Waals surface area contributed by atoms with Gasteiger partial charge in [0.15, 0.2) is 10.2 Å². The molecule has 17 heavy (non-hydrogen) atoms. The monoisotopic (exact) mass is 269 g/mol. The summed E-state index contributed by atoms with van der Waals surface area (Å²) < 4.78 is 0. The first-order valence-electron chi connectivity index (χ1n) is 5.16. The highest BCUT2D eigenvalue weighted by molar-refractivity contribution is 8.14. The van der Waals surface area contributed by atoms with E-state index in [0.717, 1.165) is 5.69 Å². The molecule has 0 aliphatic heterocycles. The van der Waals surface area contributed by atoms with Crippen molar-refractivity contribution in [2.75, 3.05) is 16.7 Å². The Balaban J connectivity index is 2.64. The summed E-state index contributed by atoms with van der Waals surface area (Å²) in [6.07, 6.45) is 0. The summed E-state index contributed by atoms with van der Waals surface area (Å²) in [7, 11) is 0. The SMILES string of the molecule is CC(=O)SCN(CSC(C)=O)c1ccccc1. The van der Waals surface area contributed by atoms with E-state index in [1.807, 2.05) is 35.2 Å². The number of carbonyl (C=O) groups excluding carboxylic acids is 2. The largest absolute Gasteiger partial charge is 0.352 e. The van der Waals surface area contributed by atoms with Crippen LogP contribution in [-0.2, 0) is 9.59 Å². The van der Waals surface area contributed by atoms with Gasteiger partial charge in [-0.05, 0) is 12.1 Å². The summed E-state index contributed by atoms with van der Waals surface area (Å²) >= 11 is 2.50. The van der Waals surface area contributed by atoms with E-state index in [0.29, 0.717) is 11.8 Å². The van der Waals surface area contributed by atoms with Crippen molar-refractivity contribution in [3.05, 3.63) is 30.3 Å². The van der Waals surface area contributed by atoms with Crippen molar-refractivity contribution in [2.24, 2.45) is 0 Å². The number of nitrogens with zero attached hydrogens (tertiary/aromatic N) is 1. The van der Waals surface area contributed by atoms with Crippen LogP contribution in [0.15, 0.2) is 30.3 Å². The average molecular weight is 269 g/mol. The molecule has 0 aliphatic carbocycles. The Kier molecular flexibility index (Phi) is 6.15. The summed E-state index contributed by atoms with van der Waals surface area (Å²) in [4.78, 5) is 24.0. The number of thioether (sulfide) groups is 2. The number of para-hydroxylation sites is 1. The maximum absolute atomic E-state index is 11.0. The molecule has 0 unspecified atom stereocenters. The van der Waals surface area contributed by atoms with E-state index in [1.54, 1.807) is 13.8 Å². The van der Waals surface area contributed by atoms with Gasteiger partial charge >= 0.3 is 0 Å². The lowest BCUT2D eigenvalue weighted by molar-refractivity contribution is -0.109. The molecule has 3 nitrogen and oxygen atoms in total. The highest BCUT2D eigenvalue weighted by Crippen LogP contribution is 2.20. The Hall–Kier alpha value is -0.940. The number of carbonyl (C=O) groups is 2. The molecule has 0 radical (unpaired) electrons. The minimum absolute atomic E-state index is 0.0822. The van der Waals surface area contributed by atoms with Gasteiger partial charge in [-0.2, -0.15) is 0 Å². The van der Waals surface area contributed by atoms with Gasteiger partial charge in [0.1, 0.15) is 0 Å². The van der Waals surface area contributed by atoms with E-state index in [2.05, 4.69) is 0 Å². The highest BCUT2D eigenvalue weighted by atomic mass is 32.2. The first-order chi connectivity index (χ1) is 8.09. The highest BCUT2D eigenvalue weighted by Gasteiger charge is 2.08. The van der Waals surface area contributed by atoms with Crippen molar-refractivity contribution in [2.45, 2.75) is 13.8 Å². The summed E-state index contributed by atoms with van der Waals surface area (Å²) in [5.41, 5.74) is 1.02. The third-order valence-corrected chi connectivity index (χ3v) is 3.66. The zero-order valence-corrected chi connectivity index (χ0v) is 11.5. The smallest absolute Gasteiger partial charge is 0.187 e. The Morgan fingerprint density at radius 1 is 1.00 bits per heavy atom. The average Bonchev–Trinajstić information content (AvgIpc) is 2.29. The number of hydrogen-bond donors (Lipinski definition) is 0. The quantitative estimate of drug-likeness (QED) is 0.768. The van der Waals surface area contributed by atoms with Gasteiger partial charge in [-0.1, -0.05) is 41.7 Å².